The van der Waals surface area contributed by atoms with Crippen LogP contribution < -0.4 is 0 Å². The Morgan fingerprint density at radius 3 is 2.29 bits per heavy atom. The number of hydrogen-bond donors (Lipinski definition) is 1. The van der Waals surface area contributed by atoms with Gasteiger partial charge in [-0.25, -0.2) is 0 Å². The maximum atomic E-state index is 10.4. The zero-order valence-electron chi connectivity index (χ0n) is 10.8. The molecule has 17 heavy (non-hydrogen) atoms. The Bertz CT molecular complexity index is 524. The number of fused-ring (bicyclic) bond motifs is 1. The van der Waals surface area contributed by atoms with Crippen LogP contribution in [0.25, 0.3) is 10.8 Å². The largest absolute Gasteiger partial charge is 0.507 e. The third kappa shape index (κ3) is 1.90. The van der Waals surface area contributed by atoms with Crippen LogP contribution >= 0.6 is 0 Å². The smallest absolute Gasteiger partial charge is 0.127 e. The highest BCUT2D eigenvalue weighted by Gasteiger charge is 2.26. The van der Waals surface area contributed by atoms with E-state index in [1.54, 1.807) is 0 Å². The van der Waals surface area contributed by atoms with E-state index in [1.165, 1.54) is 0 Å². The third-order valence-electron chi connectivity index (χ3n) is 4.11. The molecule has 0 saturated heterocycles. The summed E-state index contributed by atoms with van der Waals surface area (Å²) in [5.74, 6) is 0.453. The Morgan fingerprint density at radius 1 is 1.00 bits per heavy atom. The summed E-state index contributed by atoms with van der Waals surface area (Å²) in [6.45, 7) is 6.58. The maximum Gasteiger partial charge on any atom is 0.127 e. The van der Waals surface area contributed by atoms with Gasteiger partial charge in [0.15, 0.2) is 0 Å². The van der Waals surface area contributed by atoms with E-state index in [0.29, 0.717) is 5.75 Å². The number of rotatable bonds is 3. The molecule has 0 aliphatic carbocycles. The van der Waals surface area contributed by atoms with Crippen LogP contribution in [-0.4, -0.2) is 5.11 Å². The fourth-order valence-electron chi connectivity index (χ4n) is 2.37. The van der Waals surface area contributed by atoms with Crippen molar-refractivity contribution in [1.29, 1.82) is 0 Å². The van der Waals surface area contributed by atoms with Gasteiger partial charge in [0.2, 0.25) is 0 Å². The van der Waals surface area contributed by atoms with Crippen molar-refractivity contribution in [3.63, 3.8) is 0 Å². The normalized spacial score (nSPS) is 11.9. The van der Waals surface area contributed by atoms with E-state index in [2.05, 4.69) is 32.9 Å². The van der Waals surface area contributed by atoms with Gasteiger partial charge in [-0.3, -0.25) is 0 Å². The number of phenolic OH excluding ortho intramolecular Hbond substituents is 1. The molecule has 0 saturated carbocycles. The van der Waals surface area contributed by atoms with Gasteiger partial charge in [0, 0.05) is 10.9 Å². The van der Waals surface area contributed by atoms with E-state index >= 15 is 0 Å². The first-order valence-corrected chi connectivity index (χ1v) is 6.33. The van der Waals surface area contributed by atoms with Crippen molar-refractivity contribution >= 4 is 10.8 Å². The zero-order chi connectivity index (χ0) is 12.5. The first kappa shape index (κ1) is 12.0. The molecule has 2 aromatic carbocycles. The zero-order valence-corrected chi connectivity index (χ0v) is 10.8. The van der Waals surface area contributed by atoms with Crippen molar-refractivity contribution in [2.75, 3.05) is 0 Å². The van der Waals surface area contributed by atoms with Crippen LogP contribution in [-0.2, 0) is 5.41 Å². The van der Waals surface area contributed by atoms with Crippen LogP contribution in [0.5, 0.6) is 5.75 Å². The molecule has 2 rings (SSSR count). The summed E-state index contributed by atoms with van der Waals surface area (Å²) in [6, 6.07) is 12.2. The van der Waals surface area contributed by atoms with E-state index in [9.17, 15) is 5.11 Å². The molecular weight excluding hydrogens is 208 g/mol. The summed E-state index contributed by atoms with van der Waals surface area (Å²) in [6.07, 6.45) is 2.07. The molecule has 0 spiro atoms. The van der Waals surface area contributed by atoms with E-state index in [-0.39, 0.29) is 5.41 Å². The van der Waals surface area contributed by atoms with Crippen LogP contribution in [0.3, 0.4) is 0 Å². The topological polar surface area (TPSA) is 20.2 Å². The summed E-state index contributed by atoms with van der Waals surface area (Å²) < 4.78 is 0. The fourth-order valence-corrected chi connectivity index (χ4v) is 2.37. The van der Waals surface area contributed by atoms with Crippen molar-refractivity contribution in [2.45, 2.75) is 39.0 Å². The van der Waals surface area contributed by atoms with Gasteiger partial charge in [0.1, 0.15) is 5.75 Å². The molecule has 0 bridgehead atoms. The van der Waals surface area contributed by atoms with Gasteiger partial charge in [-0.1, -0.05) is 57.2 Å². The molecule has 1 N–H and O–H groups in total. The minimum absolute atomic E-state index is 0.0636. The highest BCUT2D eigenvalue weighted by molar-refractivity contribution is 5.89. The monoisotopic (exact) mass is 228 g/mol. The van der Waals surface area contributed by atoms with Crippen molar-refractivity contribution in [1.82, 2.24) is 0 Å². The van der Waals surface area contributed by atoms with Gasteiger partial charge in [-0.15, -0.1) is 0 Å². The third-order valence-corrected chi connectivity index (χ3v) is 4.11. The highest BCUT2D eigenvalue weighted by atomic mass is 16.3. The first-order chi connectivity index (χ1) is 8.12. The molecule has 0 aliphatic rings. The van der Waals surface area contributed by atoms with Crippen molar-refractivity contribution in [3.05, 3.63) is 42.0 Å². The average molecular weight is 228 g/mol. The van der Waals surface area contributed by atoms with Crippen molar-refractivity contribution in [2.24, 2.45) is 0 Å². The SMILES string of the molecule is CCC(C)(CC)c1ccc2ccccc2c1O. The minimum Gasteiger partial charge on any atom is -0.507 e. The average Bonchev–Trinajstić information content (AvgIpc) is 2.38. The molecule has 0 aliphatic heterocycles. The van der Waals surface area contributed by atoms with Crippen molar-refractivity contribution in [3.8, 4) is 5.75 Å². The number of phenols is 1. The predicted octanol–water partition coefficient (Wildman–Crippen LogP) is 4.62. The molecule has 0 heterocycles. The molecule has 0 radical (unpaired) electrons. The first-order valence-electron chi connectivity index (χ1n) is 6.33. The lowest BCUT2D eigenvalue weighted by molar-refractivity contribution is 0.401. The van der Waals surface area contributed by atoms with Gasteiger partial charge < -0.3 is 5.11 Å². The second-order valence-electron chi connectivity index (χ2n) is 4.95. The molecule has 1 nitrogen and oxygen atoms in total. The second-order valence-corrected chi connectivity index (χ2v) is 4.95. The second kappa shape index (κ2) is 4.40. The maximum absolute atomic E-state index is 10.4. The van der Waals surface area contributed by atoms with Crippen LogP contribution in [0.1, 0.15) is 39.2 Å². The van der Waals surface area contributed by atoms with Crippen LogP contribution in [0.2, 0.25) is 0 Å². The summed E-state index contributed by atoms with van der Waals surface area (Å²) in [5.41, 5.74) is 1.13. The van der Waals surface area contributed by atoms with E-state index in [0.717, 1.165) is 29.2 Å². The van der Waals surface area contributed by atoms with Crippen LogP contribution in [0, 0.1) is 0 Å². The number of benzene rings is 2. The lowest BCUT2D eigenvalue weighted by Gasteiger charge is -2.28. The quantitative estimate of drug-likeness (QED) is 0.812. The lowest BCUT2D eigenvalue weighted by atomic mass is 9.76. The predicted molar refractivity (Wildman–Crippen MR) is 73.5 cm³/mol. The standard InChI is InChI=1S/C16H20O/c1-4-16(3,5-2)14-11-10-12-8-6-7-9-13(12)15(14)17/h6-11,17H,4-5H2,1-3H3. The summed E-state index contributed by atoms with van der Waals surface area (Å²) in [4.78, 5) is 0. The van der Waals surface area contributed by atoms with Gasteiger partial charge in [0.05, 0.1) is 0 Å². The van der Waals surface area contributed by atoms with E-state index in [1.807, 2.05) is 24.3 Å². The Hall–Kier alpha value is -1.50. The van der Waals surface area contributed by atoms with Crippen molar-refractivity contribution < 1.29 is 5.11 Å². The molecule has 90 valence electrons. The molecule has 0 fully saturated rings. The number of hydrogen-bond acceptors (Lipinski definition) is 1. The summed E-state index contributed by atoms with van der Waals surface area (Å²) in [7, 11) is 0. The molecule has 2 aromatic rings. The van der Waals surface area contributed by atoms with E-state index < -0.39 is 0 Å². The van der Waals surface area contributed by atoms with Gasteiger partial charge in [-0.05, 0) is 23.6 Å². The summed E-state index contributed by atoms with van der Waals surface area (Å²) >= 11 is 0. The molecule has 0 atom stereocenters. The molecule has 0 amide bonds. The highest BCUT2D eigenvalue weighted by Crippen LogP contribution is 2.40. The lowest BCUT2D eigenvalue weighted by Crippen LogP contribution is -2.19. The van der Waals surface area contributed by atoms with Gasteiger partial charge in [0.25, 0.3) is 0 Å². The molecular formula is C16H20O. The molecule has 0 unspecified atom stereocenters. The van der Waals surface area contributed by atoms with Crippen LogP contribution in [0.4, 0.5) is 0 Å². The van der Waals surface area contributed by atoms with Gasteiger partial charge in [-0.2, -0.15) is 0 Å². The molecule has 0 aromatic heterocycles. The minimum atomic E-state index is 0.0636. The van der Waals surface area contributed by atoms with Gasteiger partial charge >= 0.3 is 0 Å². The van der Waals surface area contributed by atoms with E-state index in [4.69, 9.17) is 0 Å². The number of aromatic hydroxyl groups is 1. The molecule has 1 heteroatoms. The fraction of sp³-hybridized carbons (Fsp3) is 0.375. The Balaban J connectivity index is 2.68. The summed E-state index contributed by atoms with van der Waals surface area (Å²) in [5, 5.41) is 12.5. The van der Waals surface area contributed by atoms with Crippen LogP contribution in [0.15, 0.2) is 36.4 Å². The Labute approximate surface area is 103 Å². The Kier molecular flexibility index (Phi) is 3.10. The Morgan fingerprint density at radius 2 is 1.65 bits per heavy atom.